The van der Waals surface area contributed by atoms with Crippen LogP contribution < -0.4 is 0 Å². The summed E-state index contributed by atoms with van der Waals surface area (Å²) in [5.41, 5.74) is 1.37. The van der Waals surface area contributed by atoms with Gasteiger partial charge in [-0.3, -0.25) is 9.48 Å². The summed E-state index contributed by atoms with van der Waals surface area (Å²) in [6, 6.07) is 1.87. The van der Waals surface area contributed by atoms with Crippen LogP contribution in [0.3, 0.4) is 0 Å². The van der Waals surface area contributed by atoms with Crippen LogP contribution in [-0.2, 0) is 16.5 Å². The summed E-state index contributed by atoms with van der Waals surface area (Å²) in [6.07, 6.45) is 2.45. The van der Waals surface area contributed by atoms with Crippen LogP contribution in [0.4, 0.5) is 0 Å². The molecule has 2 aliphatic rings. The van der Waals surface area contributed by atoms with Gasteiger partial charge in [-0.1, -0.05) is 0 Å². The molecule has 19 heavy (non-hydrogen) atoms. The fourth-order valence-corrected chi connectivity index (χ4v) is 3.01. The zero-order valence-corrected chi connectivity index (χ0v) is 11.5. The Hall–Kier alpha value is -1.20. The number of ketones is 1. The number of nitrogens with zero attached hydrogens (tertiary/aromatic N) is 2. The lowest BCUT2D eigenvalue weighted by atomic mass is 9.82. The molecule has 1 aromatic heterocycles. The Morgan fingerprint density at radius 1 is 1.53 bits per heavy atom. The summed E-state index contributed by atoms with van der Waals surface area (Å²) < 4.78 is 13.1. The van der Waals surface area contributed by atoms with Crippen LogP contribution in [-0.4, -0.2) is 41.0 Å². The van der Waals surface area contributed by atoms with Crippen LogP contribution in [0.2, 0.25) is 0 Å². The third kappa shape index (κ3) is 2.32. The average Bonchev–Trinajstić information content (AvgIpc) is 2.97. The maximum atomic E-state index is 12.5. The molecule has 1 spiro atoms. The number of carbonyl (C=O) groups excluding carboxylic acids is 1. The van der Waals surface area contributed by atoms with Crippen LogP contribution in [0.1, 0.15) is 35.4 Å². The lowest BCUT2D eigenvalue weighted by Gasteiger charge is -2.36. The molecule has 1 aromatic rings. The Kier molecular flexibility index (Phi) is 3.19. The Morgan fingerprint density at radius 3 is 3.00 bits per heavy atom. The Labute approximate surface area is 112 Å². The van der Waals surface area contributed by atoms with E-state index in [1.54, 1.807) is 4.68 Å². The molecular weight excluding hydrogens is 244 g/mol. The van der Waals surface area contributed by atoms with Gasteiger partial charge in [-0.05, 0) is 25.8 Å². The van der Waals surface area contributed by atoms with Gasteiger partial charge < -0.3 is 9.47 Å². The number of rotatable bonds is 2. The van der Waals surface area contributed by atoms with E-state index in [-0.39, 0.29) is 17.3 Å². The number of hydrogen-bond donors (Lipinski definition) is 0. The van der Waals surface area contributed by atoms with Gasteiger partial charge >= 0.3 is 0 Å². The first kappa shape index (κ1) is 12.8. The van der Waals surface area contributed by atoms with E-state index in [2.05, 4.69) is 5.10 Å². The fourth-order valence-electron chi connectivity index (χ4n) is 3.01. The summed E-state index contributed by atoms with van der Waals surface area (Å²) in [5, 5.41) is 4.30. The maximum Gasteiger partial charge on any atom is 0.186 e. The van der Waals surface area contributed by atoms with Crippen molar-refractivity contribution in [3.63, 3.8) is 0 Å². The predicted molar refractivity (Wildman–Crippen MR) is 69.1 cm³/mol. The molecule has 0 radical (unpaired) electrons. The van der Waals surface area contributed by atoms with Gasteiger partial charge in [-0.25, -0.2) is 0 Å². The molecule has 3 rings (SSSR count). The second kappa shape index (κ2) is 4.72. The Morgan fingerprint density at radius 2 is 2.37 bits per heavy atom. The SMILES string of the molecule is Cc1cc(C(=O)C2CCOC3(CCOC3)C2)nn1C. The van der Waals surface area contributed by atoms with Crippen molar-refractivity contribution in [2.75, 3.05) is 19.8 Å². The minimum absolute atomic E-state index is 0.0183. The van der Waals surface area contributed by atoms with Crippen molar-refractivity contribution in [3.8, 4) is 0 Å². The quantitative estimate of drug-likeness (QED) is 0.760. The molecule has 2 aliphatic heterocycles. The number of aryl methyl sites for hydroxylation is 2. The largest absolute Gasteiger partial charge is 0.378 e. The average molecular weight is 264 g/mol. The van der Waals surface area contributed by atoms with Gasteiger partial charge in [-0.2, -0.15) is 5.10 Å². The van der Waals surface area contributed by atoms with Crippen LogP contribution in [0, 0.1) is 12.8 Å². The molecular formula is C14H20N2O3. The summed E-state index contributed by atoms with van der Waals surface area (Å²) in [5.74, 6) is 0.169. The molecule has 0 aliphatic carbocycles. The molecule has 0 bridgehead atoms. The maximum absolute atomic E-state index is 12.5. The second-order valence-corrected chi connectivity index (χ2v) is 5.68. The third-order valence-electron chi connectivity index (χ3n) is 4.30. The molecule has 0 amide bonds. The number of ether oxygens (including phenoxy) is 2. The van der Waals surface area contributed by atoms with Crippen LogP contribution in [0.25, 0.3) is 0 Å². The van der Waals surface area contributed by atoms with Crippen molar-refractivity contribution in [3.05, 3.63) is 17.5 Å². The van der Waals surface area contributed by atoms with Crippen LogP contribution >= 0.6 is 0 Å². The second-order valence-electron chi connectivity index (χ2n) is 5.68. The highest BCUT2D eigenvalue weighted by Crippen LogP contribution is 2.36. The minimum atomic E-state index is -0.220. The minimum Gasteiger partial charge on any atom is -0.378 e. The van der Waals surface area contributed by atoms with Gasteiger partial charge in [0.15, 0.2) is 5.78 Å². The third-order valence-corrected chi connectivity index (χ3v) is 4.30. The lowest BCUT2D eigenvalue weighted by Crippen LogP contribution is -2.42. The van der Waals surface area contributed by atoms with E-state index in [1.807, 2.05) is 20.0 Å². The molecule has 0 N–H and O–H groups in total. The predicted octanol–water partition coefficient (Wildman–Crippen LogP) is 1.50. The summed E-state index contributed by atoms with van der Waals surface area (Å²) >= 11 is 0. The van der Waals surface area contributed by atoms with E-state index in [0.717, 1.165) is 31.6 Å². The van der Waals surface area contributed by atoms with Gasteiger partial charge in [0.05, 0.1) is 12.2 Å². The summed E-state index contributed by atoms with van der Waals surface area (Å²) in [4.78, 5) is 12.5. The number of aromatic nitrogens is 2. The molecule has 0 aromatic carbocycles. The lowest BCUT2D eigenvalue weighted by molar-refractivity contribution is -0.0921. The molecule has 0 saturated carbocycles. The van der Waals surface area contributed by atoms with Crippen molar-refractivity contribution in [2.24, 2.45) is 13.0 Å². The van der Waals surface area contributed by atoms with Crippen LogP contribution in [0.15, 0.2) is 6.07 Å². The zero-order valence-electron chi connectivity index (χ0n) is 11.5. The normalized spacial score (nSPS) is 30.9. The van der Waals surface area contributed by atoms with Gasteiger partial charge in [-0.15, -0.1) is 0 Å². The Bertz CT molecular complexity index is 469. The Balaban J connectivity index is 1.76. The van der Waals surface area contributed by atoms with E-state index in [0.29, 0.717) is 18.9 Å². The molecule has 2 saturated heterocycles. The summed E-state index contributed by atoms with van der Waals surface area (Å²) in [6.45, 7) is 3.97. The van der Waals surface area contributed by atoms with Crippen molar-refractivity contribution >= 4 is 5.78 Å². The topological polar surface area (TPSA) is 53.4 Å². The molecule has 3 heterocycles. The van der Waals surface area contributed by atoms with Crippen LogP contribution in [0.5, 0.6) is 0 Å². The highest BCUT2D eigenvalue weighted by Gasteiger charge is 2.43. The van der Waals surface area contributed by atoms with Crippen molar-refractivity contribution in [1.29, 1.82) is 0 Å². The van der Waals surface area contributed by atoms with Gasteiger partial charge in [0.1, 0.15) is 5.69 Å². The van der Waals surface area contributed by atoms with E-state index >= 15 is 0 Å². The highest BCUT2D eigenvalue weighted by atomic mass is 16.6. The van der Waals surface area contributed by atoms with Gasteiger partial charge in [0.2, 0.25) is 0 Å². The molecule has 104 valence electrons. The monoisotopic (exact) mass is 264 g/mol. The standard InChI is InChI=1S/C14H20N2O3/c1-10-7-12(15-16(10)2)13(17)11-3-5-19-14(8-11)4-6-18-9-14/h7,11H,3-6,8-9H2,1-2H3. The zero-order chi connectivity index (χ0) is 13.5. The summed E-state index contributed by atoms with van der Waals surface area (Å²) in [7, 11) is 1.86. The van der Waals surface area contributed by atoms with E-state index in [4.69, 9.17) is 9.47 Å². The molecule has 2 unspecified atom stereocenters. The molecule has 5 heteroatoms. The van der Waals surface area contributed by atoms with E-state index in [1.165, 1.54) is 0 Å². The first-order valence-electron chi connectivity index (χ1n) is 6.86. The van der Waals surface area contributed by atoms with E-state index < -0.39 is 0 Å². The first-order valence-corrected chi connectivity index (χ1v) is 6.86. The van der Waals surface area contributed by atoms with Gasteiger partial charge in [0.25, 0.3) is 0 Å². The van der Waals surface area contributed by atoms with Crippen molar-refractivity contribution < 1.29 is 14.3 Å². The number of carbonyl (C=O) groups is 1. The number of Topliss-reactive ketones (excluding diaryl/α,β-unsaturated/α-hetero) is 1. The van der Waals surface area contributed by atoms with E-state index in [9.17, 15) is 4.79 Å². The van der Waals surface area contributed by atoms with Crippen molar-refractivity contribution in [2.45, 2.75) is 31.8 Å². The smallest absolute Gasteiger partial charge is 0.186 e. The molecule has 2 fully saturated rings. The fraction of sp³-hybridized carbons (Fsp3) is 0.714. The highest BCUT2D eigenvalue weighted by molar-refractivity contribution is 5.96. The molecule has 5 nitrogen and oxygen atoms in total. The molecule has 2 atom stereocenters. The van der Waals surface area contributed by atoms with Crippen molar-refractivity contribution in [1.82, 2.24) is 9.78 Å². The van der Waals surface area contributed by atoms with Gasteiger partial charge in [0, 0.05) is 38.3 Å². The first-order chi connectivity index (χ1) is 9.10. The number of hydrogen-bond acceptors (Lipinski definition) is 4.